The Hall–Kier alpha value is -4.63. The van der Waals surface area contributed by atoms with Crippen molar-refractivity contribution in [2.45, 2.75) is 44.7 Å². The average Bonchev–Trinajstić information content (AvgIpc) is 3.53. The third-order valence-corrected chi connectivity index (χ3v) is 7.28. The Morgan fingerprint density at radius 1 is 0.927 bits per heavy atom. The fraction of sp³-hybridized carbons (Fsp3) is 0.219. The van der Waals surface area contributed by atoms with Gasteiger partial charge in [-0.05, 0) is 48.8 Å². The van der Waals surface area contributed by atoms with Gasteiger partial charge in [-0.25, -0.2) is 9.97 Å². The third-order valence-electron chi connectivity index (χ3n) is 6.41. The predicted octanol–water partition coefficient (Wildman–Crippen LogP) is 5.17. The van der Waals surface area contributed by atoms with Crippen molar-refractivity contribution in [3.8, 4) is 11.4 Å². The maximum absolute atomic E-state index is 12.9. The number of aryl methyl sites for hydroxylation is 1. The lowest BCUT2D eigenvalue weighted by Gasteiger charge is -2.20. The van der Waals surface area contributed by atoms with Crippen LogP contribution in [-0.2, 0) is 22.4 Å². The molecule has 41 heavy (non-hydrogen) atoms. The summed E-state index contributed by atoms with van der Waals surface area (Å²) in [6.07, 6.45) is 11.0. The first-order chi connectivity index (χ1) is 19.9. The van der Waals surface area contributed by atoms with Crippen molar-refractivity contribution in [1.82, 2.24) is 20.6 Å². The number of aliphatic carboxylic acids is 1. The van der Waals surface area contributed by atoms with E-state index in [1.807, 2.05) is 36.4 Å². The van der Waals surface area contributed by atoms with Crippen molar-refractivity contribution < 1.29 is 19.5 Å². The summed E-state index contributed by atoms with van der Waals surface area (Å²) in [5.74, 6) is -1.54. The van der Waals surface area contributed by atoms with Crippen LogP contribution in [0.5, 0.6) is 0 Å². The second-order valence-electron chi connectivity index (χ2n) is 9.59. The van der Waals surface area contributed by atoms with Gasteiger partial charge in [0.1, 0.15) is 12.1 Å². The fourth-order valence-corrected chi connectivity index (χ4v) is 4.74. The van der Waals surface area contributed by atoms with Crippen LogP contribution in [0.15, 0.2) is 90.6 Å². The van der Waals surface area contributed by atoms with Gasteiger partial charge in [-0.3, -0.25) is 14.4 Å². The largest absolute Gasteiger partial charge is 0.480 e. The number of allylic oxidation sites excluding steroid dienone is 1. The van der Waals surface area contributed by atoms with Gasteiger partial charge in [0.25, 0.3) is 5.91 Å². The highest BCUT2D eigenvalue weighted by Crippen LogP contribution is 2.17. The third kappa shape index (κ3) is 8.94. The summed E-state index contributed by atoms with van der Waals surface area (Å²) in [6, 6.07) is 19.2. The maximum Gasteiger partial charge on any atom is 0.325 e. The average molecular weight is 569 g/mol. The highest BCUT2D eigenvalue weighted by molar-refractivity contribution is 7.12. The minimum absolute atomic E-state index is 0.185. The maximum atomic E-state index is 12.9. The minimum Gasteiger partial charge on any atom is -0.480 e. The van der Waals surface area contributed by atoms with Gasteiger partial charge in [0.15, 0.2) is 5.82 Å². The normalized spacial score (nSPS) is 12.5. The molecule has 2 unspecified atom stereocenters. The van der Waals surface area contributed by atoms with Crippen molar-refractivity contribution >= 4 is 35.2 Å². The number of hydrogen-bond donors (Lipinski definition) is 3. The molecule has 2 aromatic heterocycles. The number of nitrogens with one attached hydrogen (secondary N) is 2. The van der Waals surface area contributed by atoms with Gasteiger partial charge in [-0.15, -0.1) is 11.3 Å². The molecular weight excluding hydrogens is 536 g/mol. The number of carbonyl (C=O) groups excluding carboxylic acids is 2. The molecule has 2 aromatic carbocycles. The number of thiophene rings is 1. The van der Waals surface area contributed by atoms with Crippen molar-refractivity contribution in [1.29, 1.82) is 0 Å². The van der Waals surface area contributed by atoms with Crippen LogP contribution < -0.4 is 10.6 Å². The number of amides is 2. The molecule has 3 N–H and O–H groups in total. The Balaban J connectivity index is 1.35. The van der Waals surface area contributed by atoms with Crippen molar-refractivity contribution in [2.75, 3.05) is 0 Å². The number of benzene rings is 2. The van der Waals surface area contributed by atoms with E-state index < -0.39 is 29.9 Å². The topological polar surface area (TPSA) is 121 Å². The van der Waals surface area contributed by atoms with Gasteiger partial charge in [0, 0.05) is 29.9 Å². The zero-order chi connectivity index (χ0) is 29.0. The Morgan fingerprint density at radius 3 is 2.32 bits per heavy atom. The molecule has 0 saturated heterocycles. The molecule has 0 aliphatic rings. The Morgan fingerprint density at radius 2 is 1.66 bits per heavy atom. The predicted molar refractivity (Wildman–Crippen MR) is 160 cm³/mol. The Kier molecular flexibility index (Phi) is 10.5. The number of carboxylic acids is 1. The highest BCUT2D eigenvalue weighted by Gasteiger charge is 2.25. The second-order valence-corrected chi connectivity index (χ2v) is 10.5. The van der Waals surface area contributed by atoms with E-state index in [0.29, 0.717) is 10.7 Å². The van der Waals surface area contributed by atoms with E-state index in [1.165, 1.54) is 23.8 Å². The summed E-state index contributed by atoms with van der Waals surface area (Å²) in [4.78, 5) is 46.2. The van der Waals surface area contributed by atoms with Gasteiger partial charge in [-0.2, -0.15) is 0 Å². The summed E-state index contributed by atoms with van der Waals surface area (Å²) in [6.45, 7) is 1.38. The van der Waals surface area contributed by atoms with Crippen molar-refractivity contribution in [3.05, 3.63) is 112 Å². The smallest absolute Gasteiger partial charge is 0.325 e. The fourth-order valence-electron chi connectivity index (χ4n) is 4.11. The molecule has 2 amide bonds. The molecule has 210 valence electrons. The zero-order valence-electron chi connectivity index (χ0n) is 22.7. The molecule has 0 bridgehead atoms. The first-order valence-corrected chi connectivity index (χ1v) is 14.3. The molecule has 0 radical (unpaired) electrons. The molecule has 9 heteroatoms. The van der Waals surface area contributed by atoms with E-state index in [0.717, 1.165) is 36.0 Å². The molecule has 0 spiro atoms. The number of unbranched alkanes of at least 4 members (excludes halogenated alkanes) is 1. The molecule has 4 rings (SSSR count). The molecule has 2 atom stereocenters. The van der Waals surface area contributed by atoms with E-state index in [1.54, 1.807) is 29.9 Å². The van der Waals surface area contributed by atoms with Crippen LogP contribution in [0.25, 0.3) is 17.5 Å². The van der Waals surface area contributed by atoms with Crippen LogP contribution in [0, 0.1) is 0 Å². The summed E-state index contributed by atoms with van der Waals surface area (Å²) in [5.41, 5.74) is 3.87. The quantitative estimate of drug-likeness (QED) is 0.191. The Bertz CT molecular complexity index is 1450. The summed E-state index contributed by atoms with van der Waals surface area (Å²) in [5, 5.41) is 16.1. The van der Waals surface area contributed by atoms with Gasteiger partial charge >= 0.3 is 5.97 Å². The molecule has 2 heterocycles. The van der Waals surface area contributed by atoms with E-state index in [-0.39, 0.29) is 6.42 Å². The number of rotatable bonds is 13. The van der Waals surface area contributed by atoms with Crippen LogP contribution >= 0.6 is 11.3 Å². The lowest BCUT2D eigenvalue weighted by Crippen LogP contribution is -2.51. The van der Waals surface area contributed by atoms with Crippen LogP contribution in [0.3, 0.4) is 0 Å². The molecule has 0 aliphatic heterocycles. The van der Waals surface area contributed by atoms with Crippen LogP contribution in [0.2, 0.25) is 0 Å². The molecular formula is C32H32N4O4S. The lowest BCUT2D eigenvalue weighted by molar-refractivity contribution is -0.141. The van der Waals surface area contributed by atoms with Gasteiger partial charge in [-0.1, -0.05) is 72.8 Å². The number of carbonyl (C=O) groups is 3. The molecule has 8 nitrogen and oxygen atoms in total. The van der Waals surface area contributed by atoms with Gasteiger partial charge < -0.3 is 15.7 Å². The minimum atomic E-state index is -1.16. The van der Waals surface area contributed by atoms with E-state index in [4.69, 9.17) is 0 Å². The summed E-state index contributed by atoms with van der Waals surface area (Å²) in [7, 11) is 0. The first kappa shape index (κ1) is 29.4. The standard InChI is InChI=1S/C32H32N4O4S/c1-22(32(39)40)35-30(37)27(36-31(38)28-13-8-18-41-28)19-24-14-16-26(17-15-24)29-33-20-25(21-34-29)12-7-3-6-11-23-9-4-2-5-10-23/h2,4-5,7-10,12-18,20-22,27H,3,6,11,19H2,1H3,(H,35,37)(H,36,38)(H,39,40). The van der Waals surface area contributed by atoms with Crippen molar-refractivity contribution in [3.63, 3.8) is 0 Å². The summed E-state index contributed by atoms with van der Waals surface area (Å²) >= 11 is 1.26. The zero-order valence-corrected chi connectivity index (χ0v) is 23.5. The monoisotopic (exact) mass is 568 g/mol. The molecule has 0 fully saturated rings. The first-order valence-electron chi connectivity index (χ1n) is 13.4. The number of hydrogen-bond acceptors (Lipinski definition) is 6. The van der Waals surface area contributed by atoms with Gasteiger partial charge in [0.2, 0.25) is 5.91 Å². The van der Waals surface area contributed by atoms with E-state index in [9.17, 15) is 19.5 Å². The lowest BCUT2D eigenvalue weighted by atomic mass is 10.0. The van der Waals surface area contributed by atoms with Crippen molar-refractivity contribution in [2.24, 2.45) is 0 Å². The number of nitrogens with zero attached hydrogens (tertiary/aromatic N) is 2. The Labute approximate surface area is 243 Å². The number of aromatic nitrogens is 2. The van der Waals surface area contributed by atoms with Crippen LogP contribution in [-0.4, -0.2) is 44.9 Å². The van der Waals surface area contributed by atoms with E-state index >= 15 is 0 Å². The van der Waals surface area contributed by atoms with Crippen LogP contribution in [0.4, 0.5) is 0 Å². The SMILES string of the molecule is CC(NC(=O)C(Cc1ccc(-c2ncc(C=CCCCc3ccccc3)cn2)cc1)NC(=O)c1cccs1)C(=O)O. The molecule has 0 saturated carbocycles. The molecule has 0 aliphatic carbocycles. The summed E-state index contributed by atoms with van der Waals surface area (Å²) < 4.78 is 0. The molecule has 4 aromatic rings. The second kappa shape index (κ2) is 14.7. The number of carboxylic acid groups (broad SMARTS) is 1. The highest BCUT2D eigenvalue weighted by atomic mass is 32.1. The van der Waals surface area contributed by atoms with E-state index in [2.05, 4.69) is 50.9 Å². The van der Waals surface area contributed by atoms with Crippen LogP contribution in [0.1, 0.15) is 46.1 Å². The van der Waals surface area contributed by atoms with Gasteiger partial charge in [0.05, 0.1) is 4.88 Å².